The number of nitrogens with zero attached hydrogens (tertiary/aromatic N) is 3. The lowest BCUT2D eigenvalue weighted by Gasteiger charge is -2.10. The van der Waals surface area contributed by atoms with Gasteiger partial charge < -0.3 is 5.32 Å². The highest BCUT2D eigenvalue weighted by atomic mass is 32.2. The lowest BCUT2D eigenvalue weighted by Crippen LogP contribution is -2.26. The van der Waals surface area contributed by atoms with Crippen molar-refractivity contribution in [3.05, 3.63) is 47.3 Å². The summed E-state index contributed by atoms with van der Waals surface area (Å²) in [4.78, 5) is 12.2. The Morgan fingerprint density at radius 1 is 1.25 bits per heavy atom. The van der Waals surface area contributed by atoms with E-state index in [1.165, 1.54) is 6.20 Å². The van der Waals surface area contributed by atoms with E-state index in [9.17, 15) is 13.2 Å². The van der Waals surface area contributed by atoms with Gasteiger partial charge in [0.05, 0.1) is 12.5 Å². The second kappa shape index (κ2) is 7.54. The van der Waals surface area contributed by atoms with Crippen molar-refractivity contribution in [1.82, 2.24) is 25.0 Å². The zero-order valence-electron chi connectivity index (χ0n) is 13.9. The average Bonchev–Trinajstić information content (AvgIpc) is 3.00. The minimum atomic E-state index is -3.24. The first-order valence-electron chi connectivity index (χ1n) is 7.47. The van der Waals surface area contributed by atoms with Gasteiger partial charge in [-0.1, -0.05) is 29.5 Å². The number of benzene rings is 1. The summed E-state index contributed by atoms with van der Waals surface area (Å²) in [6.45, 7) is 4.38. The summed E-state index contributed by atoms with van der Waals surface area (Å²) < 4.78 is 26.3. The molecule has 0 bridgehead atoms. The van der Waals surface area contributed by atoms with E-state index >= 15 is 0 Å². The van der Waals surface area contributed by atoms with Crippen molar-refractivity contribution >= 4 is 15.9 Å². The Labute approximate surface area is 141 Å². The van der Waals surface area contributed by atoms with E-state index in [0.717, 1.165) is 17.4 Å². The van der Waals surface area contributed by atoms with Gasteiger partial charge in [0.2, 0.25) is 10.0 Å². The summed E-state index contributed by atoms with van der Waals surface area (Å²) in [6.07, 6.45) is 2.55. The molecule has 1 aromatic carbocycles. The fraction of sp³-hybridized carbons (Fsp3) is 0.400. The molecule has 0 aliphatic carbocycles. The van der Waals surface area contributed by atoms with Crippen LogP contribution < -0.4 is 10.0 Å². The predicted molar refractivity (Wildman–Crippen MR) is 89.7 cm³/mol. The molecule has 1 heterocycles. The third-order valence-corrected chi connectivity index (χ3v) is 3.95. The van der Waals surface area contributed by atoms with Crippen LogP contribution in [0.3, 0.4) is 0 Å². The number of carbonyl (C=O) groups is 1. The summed E-state index contributed by atoms with van der Waals surface area (Å²) in [5.41, 5.74) is 2.10. The molecule has 1 aromatic heterocycles. The lowest BCUT2D eigenvalue weighted by molar-refractivity contribution is 0.0938. The second-order valence-electron chi connectivity index (χ2n) is 5.75. The zero-order valence-corrected chi connectivity index (χ0v) is 14.7. The number of aromatic nitrogens is 3. The third-order valence-electron chi connectivity index (χ3n) is 3.28. The Balaban J connectivity index is 1.99. The molecule has 0 unspecified atom stereocenters. The molecule has 0 radical (unpaired) electrons. The number of sulfonamides is 1. The highest BCUT2D eigenvalue weighted by molar-refractivity contribution is 7.88. The van der Waals surface area contributed by atoms with E-state index in [0.29, 0.717) is 12.2 Å². The van der Waals surface area contributed by atoms with Crippen LogP contribution >= 0.6 is 0 Å². The van der Waals surface area contributed by atoms with Crippen LogP contribution in [0.1, 0.15) is 41.5 Å². The van der Waals surface area contributed by atoms with E-state index < -0.39 is 10.0 Å². The summed E-state index contributed by atoms with van der Waals surface area (Å²) in [6, 6.07) is 7.39. The van der Waals surface area contributed by atoms with Crippen LogP contribution in [0.25, 0.3) is 0 Å². The number of amides is 1. The zero-order chi connectivity index (χ0) is 17.7. The number of carbonyl (C=O) groups excluding carboxylic acids is 1. The Bertz CT molecular complexity index is 814. The molecule has 24 heavy (non-hydrogen) atoms. The maximum atomic E-state index is 12.2. The number of hydrogen-bond donors (Lipinski definition) is 2. The van der Waals surface area contributed by atoms with Crippen LogP contribution in [0.2, 0.25) is 0 Å². The van der Waals surface area contributed by atoms with Crippen LogP contribution in [-0.2, 0) is 23.1 Å². The maximum Gasteiger partial charge on any atom is 0.271 e. The van der Waals surface area contributed by atoms with Gasteiger partial charge in [-0.3, -0.25) is 4.79 Å². The topological polar surface area (TPSA) is 106 Å². The van der Waals surface area contributed by atoms with Crippen molar-refractivity contribution in [2.75, 3.05) is 6.26 Å². The lowest BCUT2D eigenvalue weighted by atomic mass is 10.1. The molecule has 0 saturated carbocycles. The van der Waals surface area contributed by atoms with Gasteiger partial charge in [-0.25, -0.2) is 17.8 Å². The van der Waals surface area contributed by atoms with E-state index in [1.54, 1.807) is 4.68 Å². The fourth-order valence-corrected chi connectivity index (χ4v) is 2.55. The van der Waals surface area contributed by atoms with Crippen molar-refractivity contribution in [1.29, 1.82) is 0 Å². The standard InChI is InChI=1S/C15H21N5O3S/c1-11(2)20-14(10-17-19-20)15(21)16-8-12-5-4-6-13(7-12)9-18-24(3,22)23/h4-7,10-11,18H,8-9H2,1-3H3,(H,16,21). The highest BCUT2D eigenvalue weighted by Crippen LogP contribution is 2.08. The third kappa shape index (κ3) is 5.14. The molecule has 2 rings (SSSR count). The van der Waals surface area contributed by atoms with Crippen LogP contribution in [0.15, 0.2) is 30.5 Å². The van der Waals surface area contributed by atoms with Crippen LogP contribution in [0.4, 0.5) is 0 Å². The minimum Gasteiger partial charge on any atom is -0.347 e. The molecule has 0 aliphatic heterocycles. The molecule has 2 N–H and O–H groups in total. The van der Waals surface area contributed by atoms with Gasteiger partial charge in [0.25, 0.3) is 5.91 Å². The molecule has 0 saturated heterocycles. The molecule has 0 fully saturated rings. The van der Waals surface area contributed by atoms with Crippen LogP contribution in [0.5, 0.6) is 0 Å². The molecule has 8 nitrogen and oxygen atoms in total. The normalized spacial score (nSPS) is 11.7. The fourth-order valence-electron chi connectivity index (χ4n) is 2.12. The Hall–Kier alpha value is -2.26. The minimum absolute atomic E-state index is 0.0404. The van der Waals surface area contributed by atoms with E-state index in [4.69, 9.17) is 0 Å². The molecule has 0 atom stereocenters. The van der Waals surface area contributed by atoms with Gasteiger partial charge in [-0.2, -0.15) is 0 Å². The Kier molecular flexibility index (Phi) is 5.68. The molecule has 1 amide bonds. The molecule has 0 spiro atoms. The number of hydrogen-bond acceptors (Lipinski definition) is 5. The van der Waals surface area contributed by atoms with Gasteiger partial charge in [-0.15, -0.1) is 5.10 Å². The molecule has 9 heteroatoms. The second-order valence-corrected chi connectivity index (χ2v) is 7.59. The van der Waals surface area contributed by atoms with E-state index in [1.807, 2.05) is 38.1 Å². The van der Waals surface area contributed by atoms with Crippen LogP contribution in [0, 0.1) is 0 Å². The first-order valence-corrected chi connectivity index (χ1v) is 9.36. The molecular formula is C15H21N5O3S. The molecule has 0 aliphatic rings. The Morgan fingerprint density at radius 2 is 1.92 bits per heavy atom. The smallest absolute Gasteiger partial charge is 0.271 e. The van der Waals surface area contributed by atoms with Gasteiger partial charge in [0.1, 0.15) is 5.69 Å². The van der Waals surface area contributed by atoms with E-state index in [2.05, 4.69) is 20.4 Å². The number of nitrogens with one attached hydrogen (secondary N) is 2. The van der Waals surface area contributed by atoms with Gasteiger partial charge >= 0.3 is 0 Å². The summed E-state index contributed by atoms with van der Waals surface area (Å²) >= 11 is 0. The quantitative estimate of drug-likeness (QED) is 0.769. The van der Waals surface area contributed by atoms with Crippen molar-refractivity contribution in [2.24, 2.45) is 0 Å². The summed E-state index contributed by atoms with van der Waals surface area (Å²) in [5, 5.41) is 10.5. The average molecular weight is 351 g/mol. The van der Waals surface area contributed by atoms with Gasteiger partial charge in [0.15, 0.2) is 0 Å². The van der Waals surface area contributed by atoms with Crippen molar-refractivity contribution < 1.29 is 13.2 Å². The van der Waals surface area contributed by atoms with Gasteiger partial charge in [-0.05, 0) is 25.0 Å². The Morgan fingerprint density at radius 3 is 2.54 bits per heavy atom. The summed E-state index contributed by atoms with van der Waals surface area (Å²) in [5.74, 6) is -0.256. The van der Waals surface area contributed by atoms with Crippen molar-refractivity contribution in [3.8, 4) is 0 Å². The van der Waals surface area contributed by atoms with Crippen LogP contribution in [-0.4, -0.2) is 35.6 Å². The summed E-state index contributed by atoms with van der Waals surface area (Å²) in [7, 11) is -3.24. The molecule has 2 aromatic rings. The molecular weight excluding hydrogens is 330 g/mol. The SMILES string of the molecule is CC(C)n1nncc1C(=O)NCc1cccc(CNS(C)(=O)=O)c1. The van der Waals surface area contributed by atoms with Gasteiger partial charge in [0, 0.05) is 19.1 Å². The largest absolute Gasteiger partial charge is 0.347 e. The maximum absolute atomic E-state index is 12.2. The predicted octanol–water partition coefficient (Wildman–Crippen LogP) is 0.838. The van der Waals surface area contributed by atoms with E-state index in [-0.39, 0.29) is 18.5 Å². The first kappa shape index (κ1) is 18.1. The highest BCUT2D eigenvalue weighted by Gasteiger charge is 2.14. The number of rotatable bonds is 7. The molecule has 130 valence electrons. The van der Waals surface area contributed by atoms with Crippen molar-refractivity contribution in [2.45, 2.75) is 33.0 Å². The monoisotopic (exact) mass is 351 g/mol. The van der Waals surface area contributed by atoms with Crippen molar-refractivity contribution in [3.63, 3.8) is 0 Å². The first-order chi connectivity index (χ1) is 11.3.